The number of benzene rings is 2. The number of nitrogens with zero attached hydrogens (tertiary/aromatic N) is 3. The lowest BCUT2D eigenvalue weighted by Gasteiger charge is -2.11. The van der Waals surface area contributed by atoms with E-state index < -0.39 is 0 Å². The smallest absolute Gasteiger partial charge is 0.204 e. The number of aromatic nitrogens is 2. The minimum absolute atomic E-state index is 0.611. The van der Waals surface area contributed by atoms with Gasteiger partial charge in [-0.1, -0.05) is 46.7 Å². The van der Waals surface area contributed by atoms with E-state index >= 15 is 0 Å². The highest BCUT2D eigenvalue weighted by Gasteiger charge is 2.12. The number of thiazole rings is 1. The van der Waals surface area contributed by atoms with Crippen molar-refractivity contribution in [3.05, 3.63) is 75.5 Å². The Hall–Kier alpha value is -2.34. The molecule has 4 nitrogen and oxygen atoms in total. The summed E-state index contributed by atoms with van der Waals surface area (Å²) in [6.07, 6.45) is 1.80. The Morgan fingerprint density at radius 3 is 2.70 bits per heavy atom. The number of hydrazone groups is 1. The van der Waals surface area contributed by atoms with Gasteiger partial charge in [0.05, 0.1) is 27.1 Å². The van der Waals surface area contributed by atoms with E-state index in [1.165, 1.54) is 0 Å². The summed E-state index contributed by atoms with van der Waals surface area (Å²) in [5, 5.41) is 6.35. The Balaban J connectivity index is 1.60. The first-order valence-electron chi connectivity index (χ1n) is 8.32. The predicted molar refractivity (Wildman–Crippen MR) is 116 cm³/mol. The normalized spacial score (nSPS) is 11.6. The molecule has 0 bridgehead atoms. The van der Waals surface area contributed by atoms with Gasteiger partial charge in [0.2, 0.25) is 5.13 Å². The topological polar surface area (TPSA) is 42.2 Å². The highest BCUT2D eigenvalue weighted by molar-refractivity contribution is 7.22. The lowest BCUT2D eigenvalue weighted by molar-refractivity contribution is 0.965. The monoisotopic (exact) mass is 414 g/mol. The first kappa shape index (κ1) is 18.0. The van der Waals surface area contributed by atoms with Crippen molar-refractivity contribution in [2.24, 2.45) is 5.10 Å². The Labute approximate surface area is 171 Å². The number of fused-ring (bicyclic) bond motifs is 1. The summed E-state index contributed by atoms with van der Waals surface area (Å²) in [5.41, 5.74) is 8.01. The lowest BCUT2D eigenvalue weighted by Crippen LogP contribution is -2.00. The molecule has 0 saturated heterocycles. The average molecular weight is 415 g/mol. The van der Waals surface area contributed by atoms with Crippen molar-refractivity contribution >= 4 is 56.1 Å². The van der Waals surface area contributed by atoms with Gasteiger partial charge in [0.15, 0.2) is 0 Å². The molecule has 0 atom stereocenters. The quantitative estimate of drug-likeness (QED) is 0.307. The van der Waals surface area contributed by atoms with Crippen molar-refractivity contribution in [1.82, 2.24) is 9.55 Å². The number of hydrogen-bond acceptors (Lipinski definition) is 4. The maximum absolute atomic E-state index is 6.38. The Kier molecular flexibility index (Phi) is 4.91. The third kappa shape index (κ3) is 3.58. The van der Waals surface area contributed by atoms with E-state index in [2.05, 4.69) is 26.1 Å². The van der Waals surface area contributed by atoms with E-state index in [-0.39, 0.29) is 0 Å². The number of nitrogens with one attached hydrogen (secondary N) is 1. The van der Waals surface area contributed by atoms with E-state index in [4.69, 9.17) is 23.2 Å². The van der Waals surface area contributed by atoms with Crippen molar-refractivity contribution in [3.63, 3.8) is 0 Å². The van der Waals surface area contributed by atoms with Gasteiger partial charge >= 0.3 is 0 Å². The number of hydrogen-bond donors (Lipinski definition) is 1. The first-order valence-corrected chi connectivity index (χ1v) is 9.89. The first-order chi connectivity index (χ1) is 13.0. The predicted octanol–water partition coefficient (Wildman–Crippen LogP) is 6.46. The number of aryl methyl sites for hydroxylation is 1. The van der Waals surface area contributed by atoms with Gasteiger partial charge in [0.1, 0.15) is 0 Å². The summed E-state index contributed by atoms with van der Waals surface area (Å²) in [6.45, 7) is 4.08. The van der Waals surface area contributed by atoms with Crippen LogP contribution in [0.15, 0.2) is 53.6 Å². The molecule has 4 aromatic rings. The summed E-state index contributed by atoms with van der Waals surface area (Å²) in [6, 6.07) is 15.6. The summed E-state index contributed by atoms with van der Waals surface area (Å²) in [4.78, 5) is 4.52. The Morgan fingerprint density at radius 1 is 1.11 bits per heavy atom. The molecule has 0 aliphatic carbocycles. The van der Waals surface area contributed by atoms with Gasteiger partial charge in [-0.05, 0) is 50.2 Å². The molecule has 4 rings (SSSR count). The molecule has 0 fully saturated rings. The van der Waals surface area contributed by atoms with Gasteiger partial charge in [-0.3, -0.25) is 5.43 Å². The second-order valence-corrected chi connectivity index (χ2v) is 7.99. The molecule has 0 spiro atoms. The number of rotatable bonds is 4. The number of para-hydroxylation sites is 1. The molecule has 0 amide bonds. The average Bonchev–Trinajstić information content (AvgIpc) is 3.16. The van der Waals surface area contributed by atoms with E-state index in [1.807, 2.05) is 50.2 Å². The van der Waals surface area contributed by atoms with Crippen LogP contribution in [0.3, 0.4) is 0 Å². The van der Waals surface area contributed by atoms with E-state index in [0.29, 0.717) is 10.0 Å². The third-order valence-corrected chi connectivity index (χ3v) is 5.76. The molecule has 0 radical (unpaired) electrons. The molecular weight excluding hydrogens is 399 g/mol. The summed E-state index contributed by atoms with van der Waals surface area (Å²) >= 11 is 14.0. The maximum atomic E-state index is 6.38. The molecule has 136 valence electrons. The van der Waals surface area contributed by atoms with E-state index in [1.54, 1.807) is 23.6 Å². The van der Waals surface area contributed by atoms with Crippen molar-refractivity contribution in [3.8, 4) is 5.69 Å². The molecule has 0 unspecified atom stereocenters. The van der Waals surface area contributed by atoms with Crippen LogP contribution in [0, 0.1) is 13.8 Å². The highest BCUT2D eigenvalue weighted by atomic mass is 35.5. The molecule has 7 heteroatoms. The zero-order chi connectivity index (χ0) is 19.0. The summed E-state index contributed by atoms with van der Waals surface area (Å²) in [5.74, 6) is 0. The Bertz CT molecular complexity index is 1130. The van der Waals surface area contributed by atoms with Crippen molar-refractivity contribution < 1.29 is 0 Å². The van der Waals surface area contributed by atoms with Crippen molar-refractivity contribution in [2.45, 2.75) is 13.8 Å². The van der Waals surface area contributed by atoms with Crippen molar-refractivity contribution in [1.29, 1.82) is 0 Å². The van der Waals surface area contributed by atoms with Crippen LogP contribution in [0.5, 0.6) is 0 Å². The second-order valence-electron chi connectivity index (χ2n) is 6.11. The minimum atomic E-state index is 0.611. The molecular formula is C20H16Cl2N4S. The van der Waals surface area contributed by atoms with Gasteiger partial charge in [-0.2, -0.15) is 5.10 Å². The molecule has 0 saturated carbocycles. The third-order valence-electron chi connectivity index (χ3n) is 4.28. The number of anilines is 1. The van der Waals surface area contributed by atoms with Gasteiger partial charge in [0.25, 0.3) is 0 Å². The van der Waals surface area contributed by atoms with Gasteiger partial charge in [-0.25, -0.2) is 4.98 Å². The van der Waals surface area contributed by atoms with Gasteiger partial charge in [0, 0.05) is 22.0 Å². The standard InChI is InChI=1S/C20H16Cl2N4S/c1-12-9-14(13(2)26(12)18-8-7-15(21)10-16(18)22)11-23-25-20-24-17-5-3-4-6-19(17)27-20/h3-11H,1-2H3,(H,24,25)/b23-11+. The van der Waals surface area contributed by atoms with Gasteiger partial charge < -0.3 is 4.57 Å². The maximum Gasteiger partial charge on any atom is 0.204 e. The SMILES string of the molecule is Cc1cc(/C=N/Nc2nc3ccccc3s2)c(C)n1-c1ccc(Cl)cc1Cl. The van der Waals surface area contributed by atoms with Gasteiger partial charge in [-0.15, -0.1) is 0 Å². The fourth-order valence-electron chi connectivity index (χ4n) is 3.03. The largest absolute Gasteiger partial charge is 0.316 e. The van der Waals surface area contributed by atoms with Crippen LogP contribution in [0.1, 0.15) is 17.0 Å². The van der Waals surface area contributed by atoms with Crippen molar-refractivity contribution in [2.75, 3.05) is 5.43 Å². The molecule has 1 N–H and O–H groups in total. The second kappa shape index (κ2) is 7.35. The zero-order valence-electron chi connectivity index (χ0n) is 14.7. The van der Waals surface area contributed by atoms with E-state index in [9.17, 15) is 0 Å². The van der Waals surface area contributed by atoms with Crippen LogP contribution < -0.4 is 5.43 Å². The van der Waals surface area contributed by atoms with Crippen LogP contribution in [-0.4, -0.2) is 15.8 Å². The summed E-state index contributed by atoms with van der Waals surface area (Å²) in [7, 11) is 0. The van der Waals surface area contributed by atoms with Crippen LogP contribution in [-0.2, 0) is 0 Å². The molecule has 2 aromatic carbocycles. The minimum Gasteiger partial charge on any atom is -0.316 e. The molecule has 0 aliphatic rings. The summed E-state index contributed by atoms with van der Waals surface area (Å²) < 4.78 is 3.23. The van der Waals surface area contributed by atoms with E-state index in [0.717, 1.165) is 38.0 Å². The lowest BCUT2D eigenvalue weighted by atomic mass is 10.2. The molecule has 2 heterocycles. The molecule has 2 aromatic heterocycles. The molecule has 0 aliphatic heterocycles. The molecule has 27 heavy (non-hydrogen) atoms. The van der Waals surface area contributed by atoms with Crippen LogP contribution in [0.25, 0.3) is 15.9 Å². The van der Waals surface area contributed by atoms with Crippen LogP contribution >= 0.6 is 34.5 Å². The highest BCUT2D eigenvalue weighted by Crippen LogP contribution is 2.29. The number of halogens is 2. The fourth-order valence-corrected chi connectivity index (χ4v) is 4.34. The van der Waals surface area contributed by atoms with Crippen LogP contribution in [0.2, 0.25) is 10.0 Å². The zero-order valence-corrected chi connectivity index (χ0v) is 17.0. The van der Waals surface area contributed by atoms with Crippen LogP contribution in [0.4, 0.5) is 5.13 Å². The Morgan fingerprint density at radius 2 is 1.93 bits per heavy atom. The fraction of sp³-hybridized carbons (Fsp3) is 0.100.